The smallest absolute Gasteiger partial charge is 0.493 e. The molecule has 0 amide bonds. The summed E-state index contributed by atoms with van der Waals surface area (Å²) in [6.07, 6.45) is 1.78. The number of methoxy groups -OCH3 is 1. The Morgan fingerprint density at radius 2 is 1.75 bits per heavy atom. The van der Waals surface area contributed by atoms with E-state index >= 15 is 0 Å². The fourth-order valence-corrected chi connectivity index (χ4v) is 5.50. The highest BCUT2D eigenvalue weighted by molar-refractivity contribution is 7.92. The third-order valence-electron chi connectivity index (χ3n) is 7.11. The van der Waals surface area contributed by atoms with Crippen molar-refractivity contribution in [1.29, 1.82) is 0 Å². The Bertz CT molecular complexity index is 2330. The van der Waals surface area contributed by atoms with E-state index in [2.05, 4.69) is 50.1 Å². The fraction of sp³-hybridized carbons (Fsp3) is 0.152. The minimum Gasteiger partial charge on any atom is -0.493 e. The number of nitrogens with zero attached hydrogens (tertiary/aromatic N) is 8. The van der Waals surface area contributed by atoms with E-state index in [9.17, 15) is 13.2 Å². The molecule has 284 valence electrons. The molecule has 55 heavy (non-hydrogen) atoms. The number of rotatable bonds is 16. The van der Waals surface area contributed by atoms with Gasteiger partial charge in [-0.05, 0) is 65.7 Å². The summed E-state index contributed by atoms with van der Waals surface area (Å²) in [5, 5.41) is 30.5. The number of anilines is 1. The number of para-hydroxylation sites is 2. The van der Waals surface area contributed by atoms with Gasteiger partial charge in [-0.2, -0.15) is 18.6 Å². The molecule has 0 spiro atoms. The first-order valence-electron chi connectivity index (χ1n) is 15.8. The average Bonchev–Trinajstić information content (AvgIpc) is 3.73. The monoisotopic (exact) mass is 774 g/mol. The van der Waals surface area contributed by atoms with Crippen LogP contribution in [0, 0.1) is 6.92 Å². The molecule has 22 heteroatoms. The summed E-state index contributed by atoms with van der Waals surface area (Å²) in [7, 11) is -2.95. The molecule has 0 atom stereocenters. The predicted molar refractivity (Wildman–Crippen MR) is 185 cm³/mol. The molecule has 6 aromatic rings. The van der Waals surface area contributed by atoms with Crippen LogP contribution in [0.5, 0.6) is 28.9 Å². The van der Waals surface area contributed by atoms with Crippen LogP contribution in [0.4, 0.5) is 10.6 Å². The number of benzene rings is 2. The van der Waals surface area contributed by atoms with Crippen molar-refractivity contribution in [1.82, 2.24) is 45.9 Å². The van der Waals surface area contributed by atoms with Crippen molar-refractivity contribution in [3.8, 4) is 51.8 Å². The Morgan fingerprint density at radius 1 is 0.945 bits per heavy atom. The summed E-state index contributed by atoms with van der Waals surface area (Å²) in [6, 6.07) is 18.5. The number of hydrogen-bond acceptors (Lipinski definition) is 19. The zero-order valence-corrected chi connectivity index (χ0v) is 29.6. The molecular formula is C33H30N10O11S. The van der Waals surface area contributed by atoms with Gasteiger partial charge in [0, 0.05) is 18.0 Å². The Morgan fingerprint density at radius 3 is 2.45 bits per heavy atom. The molecule has 21 nitrogen and oxygen atoms in total. The summed E-state index contributed by atoms with van der Waals surface area (Å²) in [6.45, 7) is 0.930. The van der Waals surface area contributed by atoms with Crippen molar-refractivity contribution in [3.05, 3.63) is 96.3 Å². The molecule has 0 fully saturated rings. The van der Waals surface area contributed by atoms with Crippen LogP contribution in [-0.4, -0.2) is 91.3 Å². The first kappa shape index (κ1) is 37.9. The topological polar surface area (TPSA) is 268 Å². The summed E-state index contributed by atoms with van der Waals surface area (Å²) >= 11 is 0. The number of pyridine rings is 2. The number of hydrogen-bond donors (Lipinski definition) is 4. The maximum atomic E-state index is 13.7. The van der Waals surface area contributed by atoms with E-state index in [0.29, 0.717) is 22.6 Å². The summed E-state index contributed by atoms with van der Waals surface area (Å²) in [4.78, 5) is 34.4. The van der Waals surface area contributed by atoms with E-state index in [1.807, 2.05) is 0 Å². The van der Waals surface area contributed by atoms with Gasteiger partial charge in [-0.1, -0.05) is 30.3 Å². The molecule has 0 unspecified atom stereocenters. The average molecular weight is 775 g/mol. The van der Waals surface area contributed by atoms with Gasteiger partial charge in [-0.3, -0.25) is 20.1 Å². The Labute approximate surface area is 311 Å². The molecule has 6 rings (SSSR count). The largest absolute Gasteiger partial charge is 0.513 e. The van der Waals surface area contributed by atoms with Gasteiger partial charge >= 0.3 is 6.16 Å². The highest BCUT2D eigenvalue weighted by Crippen LogP contribution is 2.41. The zero-order chi connectivity index (χ0) is 38.8. The second-order valence-electron chi connectivity index (χ2n) is 10.9. The number of carbonyl (C=O) groups excluding carboxylic acids is 1. The van der Waals surface area contributed by atoms with Crippen LogP contribution in [0.2, 0.25) is 0 Å². The number of aromatic amines is 1. The summed E-state index contributed by atoms with van der Waals surface area (Å²) < 4.78 is 57.8. The van der Waals surface area contributed by atoms with E-state index in [-0.39, 0.29) is 65.4 Å². The summed E-state index contributed by atoms with van der Waals surface area (Å²) in [5.74, 6) is -0.155. The predicted octanol–water partition coefficient (Wildman–Crippen LogP) is 4.13. The van der Waals surface area contributed by atoms with Crippen LogP contribution in [0.25, 0.3) is 22.9 Å². The third-order valence-corrected chi connectivity index (χ3v) is 8.37. The molecule has 2 aromatic carbocycles. The molecule has 4 aromatic heterocycles. The first-order chi connectivity index (χ1) is 26.6. The molecule has 4 heterocycles. The van der Waals surface area contributed by atoms with Crippen molar-refractivity contribution < 1.29 is 52.1 Å². The van der Waals surface area contributed by atoms with E-state index in [0.717, 1.165) is 5.56 Å². The molecule has 0 bridgehead atoms. The zero-order valence-electron chi connectivity index (χ0n) is 28.8. The van der Waals surface area contributed by atoms with Gasteiger partial charge in [-0.15, -0.1) is 10.2 Å². The molecule has 0 aliphatic heterocycles. The van der Waals surface area contributed by atoms with Gasteiger partial charge in [0.2, 0.25) is 11.6 Å². The van der Waals surface area contributed by atoms with E-state index in [1.165, 1.54) is 49.8 Å². The van der Waals surface area contributed by atoms with Crippen LogP contribution in [0.3, 0.4) is 0 Å². The lowest BCUT2D eigenvalue weighted by Crippen LogP contribution is -2.18. The Balaban J connectivity index is 1.31. The maximum absolute atomic E-state index is 13.7. The normalized spacial score (nSPS) is 11.2. The lowest BCUT2D eigenvalue weighted by molar-refractivity contribution is -0.497. The summed E-state index contributed by atoms with van der Waals surface area (Å²) in [5.41, 5.74) is 1.93. The molecule has 4 N–H and O–H groups in total. The number of aromatic nitrogens is 8. The first-order valence-corrected chi connectivity index (χ1v) is 17.3. The van der Waals surface area contributed by atoms with Crippen molar-refractivity contribution in [3.63, 3.8) is 0 Å². The lowest BCUT2D eigenvalue weighted by Gasteiger charge is -2.18. The molecule has 0 aliphatic carbocycles. The standard InChI is InChI=1S/C33H30N10O11S/c1-20-7-12-27(35-18-20)55(47,48)40-31-28(54-26-6-4-3-5-25(26)49-2)32(37-29(36-31)22-13-14-34-24(17-22)30-38-41-42-39-30)50-15-16-51-33(44)53-23-10-8-21(9-11-23)19-52-43(45)46/h3-14,17-18,45-46H,15-16,19H2,1-2H3,(H,36,37,40)(H,38,39,41,42). The maximum Gasteiger partial charge on any atom is 0.513 e. The molecular weight excluding hydrogens is 744 g/mol. The molecule has 0 saturated heterocycles. The minimum atomic E-state index is -4.38. The number of nitrogens with one attached hydrogen (secondary N) is 2. The number of carbonyl (C=O) groups is 1. The van der Waals surface area contributed by atoms with Gasteiger partial charge in [0.15, 0.2) is 28.2 Å². The highest BCUT2D eigenvalue weighted by Gasteiger charge is 2.26. The SMILES string of the molecule is COc1ccccc1Oc1c(NS(=O)(=O)c2ccc(C)cn2)nc(-c2ccnc(-c3nn[nH]n3)c2)nc1OCCOC(=O)Oc1ccc(CON(O)O)cc1. The van der Waals surface area contributed by atoms with Gasteiger partial charge in [0.1, 0.15) is 24.7 Å². The minimum absolute atomic E-state index is 0.0380. The number of ether oxygens (including phenoxy) is 5. The molecule has 0 radical (unpaired) electrons. The van der Waals surface area contributed by atoms with Gasteiger partial charge in [0.05, 0.1) is 19.1 Å². The van der Waals surface area contributed by atoms with Crippen LogP contribution < -0.4 is 23.7 Å². The van der Waals surface area contributed by atoms with E-state index in [1.54, 1.807) is 49.4 Å². The highest BCUT2D eigenvalue weighted by atomic mass is 32.2. The number of aryl methyl sites for hydroxylation is 1. The quantitative estimate of drug-likeness (QED) is 0.0466. The van der Waals surface area contributed by atoms with Crippen molar-refractivity contribution in [2.45, 2.75) is 18.6 Å². The van der Waals surface area contributed by atoms with E-state index < -0.39 is 21.6 Å². The Hall–Kier alpha value is -6.85. The lowest BCUT2D eigenvalue weighted by atomic mass is 10.2. The number of sulfonamides is 1. The third kappa shape index (κ3) is 9.98. The van der Waals surface area contributed by atoms with Crippen molar-refractivity contribution >= 4 is 22.0 Å². The van der Waals surface area contributed by atoms with Crippen molar-refractivity contribution in [2.75, 3.05) is 25.0 Å². The van der Waals surface area contributed by atoms with Crippen LogP contribution in [0.15, 0.2) is 90.2 Å². The van der Waals surface area contributed by atoms with Gasteiger partial charge in [0.25, 0.3) is 15.9 Å². The number of tetrazole rings is 1. The molecule has 0 aliphatic rings. The fourth-order valence-electron chi connectivity index (χ4n) is 4.56. The van der Waals surface area contributed by atoms with Crippen LogP contribution in [-0.2, 0) is 26.2 Å². The van der Waals surface area contributed by atoms with E-state index in [4.69, 9.17) is 34.1 Å². The second kappa shape index (κ2) is 17.3. The van der Waals surface area contributed by atoms with Gasteiger partial charge < -0.3 is 23.7 Å². The van der Waals surface area contributed by atoms with Crippen LogP contribution in [0.1, 0.15) is 11.1 Å². The van der Waals surface area contributed by atoms with Gasteiger partial charge in [-0.25, -0.2) is 19.6 Å². The Kier molecular flexibility index (Phi) is 11.9. The van der Waals surface area contributed by atoms with Crippen molar-refractivity contribution in [2.24, 2.45) is 0 Å². The van der Waals surface area contributed by atoms with Crippen LogP contribution >= 0.6 is 0 Å². The molecule has 0 saturated carbocycles. The second-order valence-corrected chi connectivity index (χ2v) is 12.6. The number of H-pyrrole nitrogens is 1.